The Bertz CT molecular complexity index is 499. The third-order valence-electron chi connectivity index (χ3n) is 2.50. The Labute approximate surface area is 107 Å². The lowest BCUT2D eigenvalue weighted by molar-refractivity contribution is -0.134. The molecule has 18 heavy (non-hydrogen) atoms. The molecule has 1 aliphatic rings. The van der Waals surface area contributed by atoms with E-state index in [0.717, 1.165) is 0 Å². The fourth-order valence-corrected chi connectivity index (χ4v) is 2.23. The first-order chi connectivity index (χ1) is 8.60. The molecule has 1 aliphatic heterocycles. The van der Waals surface area contributed by atoms with Gasteiger partial charge >= 0.3 is 0 Å². The van der Waals surface area contributed by atoms with Gasteiger partial charge in [-0.05, 0) is 6.42 Å². The van der Waals surface area contributed by atoms with Gasteiger partial charge in [-0.25, -0.2) is 4.98 Å². The summed E-state index contributed by atoms with van der Waals surface area (Å²) in [6.45, 7) is 0.274. The normalized spacial score (nSPS) is 19.5. The van der Waals surface area contributed by atoms with E-state index in [-0.39, 0.29) is 24.6 Å². The van der Waals surface area contributed by atoms with Crippen molar-refractivity contribution in [2.45, 2.75) is 25.4 Å². The Morgan fingerprint density at radius 1 is 1.61 bits per heavy atom. The molecule has 1 unspecified atom stereocenters. The first-order valence-corrected chi connectivity index (χ1v) is 6.27. The summed E-state index contributed by atoms with van der Waals surface area (Å²) in [6.07, 6.45) is 0.534. The van der Waals surface area contributed by atoms with Gasteiger partial charge in [-0.2, -0.15) is 0 Å². The molecule has 2 rings (SSSR count). The summed E-state index contributed by atoms with van der Waals surface area (Å²) in [5, 5.41) is 6.96. The number of thiazole rings is 1. The third-order valence-corrected chi connectivity index (χ3v) is 3.37. The largest absolute Gasteiger partial charge is 0.339 e. The second kappa shape index (κ2) is 5.23. The third kappa shape index (κ3) is 2.71. The van der Waals surface area contributed by atoms with Crippen LogP contribution in [0.3, 0.4) is 0 Å². The van der Waals surface area contributed by atoms with Crippen molar-refractivity contribution < 1.29 is 14.4 Å². The summed E-state index contributed by atoms with van der Waals surface area (Å²) in [5.41, 5.74) is 5.64. The number of hydrogen-bond acceptors (Lipinski definition) is 6. The molecule has 1 aromatic heterocycles. The molecule has 0 aliphatic carbocycles. The van der Waals surface area contributed by atoms with Gasteiger partial charge in [0.05, 0.1) is 0 Å². The highest BCUT2D eigenvalue weighted by molar-refractivity contribution is 7.09. The highest BCUT2D eigenvalue weighted by atomic mass is 32.1. The van der Waals surface area contributed by atoms with Gasteiger partial charge in [0.1, 0.15) is 16.7 Å². The van der Waals surface area contributed by atoms with Crippen molar-refractivity contribution in [2.75, 3.05) is 0 Å². The zero-order valence-corrected chi connectivity index (χ0v) is 10.3. The van der Waals surface area contributed by atoms with E-state index in [1.165, 1.54) is 11.3 Å². The van der Waals surface area contributed by atoms with Gasteiger partial charge in [-0.15, -0.1) is 11.3 Å². The molecule has 0 bridgehead atoms. The van der Waals surface area contributed by atoms with Gasteiger partial charge in [0.15, 0.2) is 0 Å². The molecule has 3 amide bonds. The maximum Gasteiger partial charge on any atom is 0.271 e. The number of piperidine rings is 1. The average molecular weight is 268 g/mol. The molecule has 8 heteroatoms. The fourth-order valence-electron chi connectivity index (χ4n) is 1.57. The minimum Gasteiger partial charge on any atom is -0.339 e. The number of carbonyl (C=O) groups excluding carboxylic acids is 3. The Balaban J connectivity index is 1.99. The Morgan fingerprint density at radius 3 is 3.00 bits per heavy atom. The standard InChI is InChI=1S/C10H12N4O3S/c11-3-8-12-6(4-18-8)10(17)13-5-1-2-7(15)14-9(5)16/h4-5H,1-3,11H2,(H,13,17)(H,14,15,16). The van der Waals surface area contributed by atoms with Crippen LogP contribution in [0.5, 0.6) is 0 Å². The molecule has 0 spiro atoms. The van der Waals surface area contributed by atoms with Crippen molar-refractivity contribution in [1.82, 2.24) is 15.6 Å². The summed E-state index contributed by atoms with van der Waals surface area (Å²) in [4.78, 5) is 38.2. The van der Waals surface area contributed by atoms with E-state index in [1.807, 2.05) is 0 Å². The van der Waals surface area contributed by atoms with Crippen LogP contribution < -0.4 is 16.4 Å². The zero-order valence-electron chi connectivity index (χ0n) is 9.43. The summed E-state index contributed by atoms with van der Waals surface area (Å²) in [6, 6.07) is -0.682. The first-order valence-electron chi connectivity index (χ1n) is 5.39. The van der Waals surface area contributed by atoms with Crippen LogP contribution in [-0.4, -0.2) is 28.7 Å². The number of carbonyl (C=O) groups is 3. The topological polar surface area (TPSA) is 114 Å². The number of nitrogens with zero attached hydrogens (tertiary/aromatic N) is 1. The molecule has 1 saturated heterocycles. The first kappa shape index (κ1) is 12.7. The monoisotopic (exact) mass is 268 g/mol. The molecule has 2 heterocycles. The minimum atomic E-state index is -0.682. The van der Waals surface area contributed by atoms with Gasteiger partial charge in [-0.1, -0.05) is 0 Å². The second-order valence-corrected chi connectivity index (χ2v) is 4.75. The predicted molar refractivity (Wildman–Crippen MR) is 63.6 cm³/mol. The van der Waals surface area contributed by atoms with E-state index in [2.05, 4.69) is 15.6 Å². The van der Waals surface area contributed by atoms with E-state index in [9.17, 15) is 14.4 Å². The maximum atomic E-state index is 11.8. The molecule has 96 valence electrons. The molecular weight excluding hydrogens is 256 g/mol. The molecule has 1 atom stereocenters. The number of nitrogens with two attached hydrogens (primary N) is 1. The van der Waals surface area contributed by atoms with Crippen LogP contribution in [0.15, 0.2) is 5.38 Å². The SMILES string of the molecule is NCc1nc(C(=O)NC2CCC(=O)NC2=O)cs1. The van der Waals surface area contributed by atoms with Crippen LogP contribution in [0, 0.1) is 0 Å². The molecule has 4 N–H and O–H groups in total. The van der Waals surface area contributed by atoms with Gasteiger partial charge in [0, 0.05) is 18.3 Å². The van der Waals surface area contributed by atoms with Crippen LogP contribution in [0.25, 0.3) is 0 Å². The van der Waals surface area contributed by atoms with Crippen molar-refractivity contribution >= 4 is 29.1 Å². The van der Waals surface area contributed by atoms with Crippen molar-refractivity contribution in [3.8, 4) is 0 Å². The molecular formula is C10H12N4O3S. The van der Waals surface area contributed by atoms with E-state index in [0.29, 0.717) is 11.4 Å². The molecule has 0 radical (unpaired) electrons. The maximum absolute atomic E-state index is 11.8. The average Bonchev–Trinajstić information content (AvgIpc) is 2.81. The summed E-state index contributed by atoms with van der Waals surface area (Å²) in [5.74, 6) is -1.22. The summed E-state index contributed by atoms with van der Waals surface area (Å²) < 4.78 is 0. The van der Waals surface area contributed by atoms with Crippen LogP contribution >= 0.6 is 11.3 Å². The van der Waals surface area contributed by atoms with Crippen LogP contribution in [0.2, 0.25) is 0 Å². The number of amides is 3. The molecule has 0 aromatic carbocycles. The fraction of sp³-hybridized carbons (Fsp3) is 0.400. The Morgan fingerprint density at radius 2 is 2.39 bits per heavy atom. The zero-order chi connectivity index (χ0) is 13.1. The molecule has 1 aromatic rings. The molecule has 7 nitrogen and oxygen atoms in total. The van der Waals surface area contributed by atoms with Crippen molar-refractivity contribution in [1.29, 1.82) is 0 Å². The number of hydrogen-bond donors (Lipinski definition) is 3. The van der Waals surface area contributed by atoms with Crippen molar-refractivity contribution in [2.24, 2.45) is 5.73 Å². The predicted octanol–water partition coefficient (Wildman–Crippen LogP) is -0.863. The van der Waals surface area contributed by atoms with Crippen molar-refractivity contribution in [3.63, 3.8) is 0 Å². The van der Waals surface area contributed by atoms with Gasteiger partial charge < -0.3 is 11.1 Å². The summed E-state index contributed by atoms with van der Waals surface area (Å²) >= 11 is 1.29. The lowest BCUT2D eigenvalue weighted by atomic mass is 10.1. The van der Waals surface area contributed by atoms with Crippen LogP contribution in [0.1, 0.15) is 28.3 Å². The quantitative estimate of drug-likeness (QED) is 0.617. The van der Waals surface area contributed by atoms with E-state index >= 15 is 0 Å². The van der Waals surface area contributed by atoms with Crippen LogP contribution in [0.4, 0.5) is 0 Å². The van der Waals surface area contributed by atoms with E-state index < -0.39 is 17.9 Å². The highest BCUT2D eigenvalue weighted by Crippen LogP contribution is 2.10. The van der Waals surface area contributed by atoms with Crippen molar-refractivity contribution in [3.05, 3.63) is 16.1 Å². The van der Waals surface area contributed by atoms with Crippen LogP contribution in [-0.2, 0) is 16.1 Å². The minimum absolute atomic E-state index is 0.224. The summed E-state index contributed by atoms with van der Waals surface area (Å²) in [7, 11) is 0. The smallest absolute Gasteiger partial charge is 0.271 e. The number of nitrogens with one attached hydrogen (secondary N) is 2. The number of rotatable bonds is 3. The lowest BCUT2D eigenvalue weighted by Gasteiger charge is -2.21. The Hall–Kier alpha value is -1.80. The molecule has 1 fully saturated rings. The van der Waals surface area contributed by atoms with Gasteiger partial charge in [0.25, 0.3) is 5.91 Å². The van der Waals surface area contributed by atoms with Gasteiger partial charge in [0.2, 0.25) is 11.8 Å². The Kier molecular flexibility index (Phi) is 3.68. The highest BCUT2D eigenvalue weighted by Gasteiger charge is 2.28. The molecule has 0 saturated carbocycles. The number of aromatic nitrogens is 1. The van der Waals surface area contributed by atoms with E-state index in [4.69, 9.17) is 5.73 Å². The lowest BCUT2D eigenvalue weighted by Crippen LogP contribution is -2.52. The van der Waals surface area contributed by atoms with Gasteiger partial charge in [-0.3, -0.25) is 19.7 Å². The number of imide groups is 1. The second-order valence-electron chi connectivity index (χ2n) is 3.81. The van der Waals surface area contributed by atoms with E-state index in [1.54, 1.807) is 5.38 Å².